The van der Waals surface area contributed by atoms with Gasteiger partial charge >= 0.3 is 0 Å². The molecule has 0 bridgehead atoms. The van der Waals surface area contributed by atoms with Crippen molar-refractivity contribution >= 4 is 34.2 Å². The summed E-state index contributed by atoms with van der Waals surface area (Å²) in [5.41, 5.74) is 2.60. The van der Waals surface area contributed by atoms with Gasteiger partial charge in [-0.05, 0) is 61.1 Å². The average molecular weight is 580 g/mol. The number of pyridine rings is 2. The Kier molecular flexibility index (Phi) is 6.66. The van der Waals surface area contributed by atoms with E-state index in [-0.39, 0.29) is 59.5 Å². The van der Waals surface area contributed by atoms with E-state index in [0.717, 1.165) is 29.4 Å². The molecule has 2 aromatic heterocycles. The van der Waals surface area contributed by atoms with E-state index in [4.69, 9.17) is 16.6 Å². The SMILES string of the molecule is CC[C@@]1(O)C(=O)CCc2c1cc1n(c2=O)Cc2c-1nc1cc(F)c(Cl)c3c1c2[C@H](NC(=O)CCCC(C)(C)C)CC3. The number of carbonyl (C=O) groups excluding carboxylic acids is 2. The highest BCUT2D eigenvalue weighted by Crippen LogP contribution is 2.47. The van der Waals surface area contributed by atoms with Crippen LogP contribution in [0.5, 0.6) is 0 Å². The summed E-state index contributed by atoms with van der Waals surface area (Å²) in [4.78, 5) is 44.5. The van der Waals surface area contributed by atoms with Crippen LogP contribution in [0.4, 0.5) is 4.39 Å². The third kappa shape index (κ3) is 4.41. The number of halogens is 2. The van der Waals surface area contributed by atoms with Crippen LogP contribution < -0.4 is 10.9 Å². The van der Waals surface area contributed by atoms with Crippen molar-refractivity contribution in [2.45, 2.75) is 97.2 Å². The standard InChI is InChI=1S/C32H35ClFN3O4/c1-5-32(41)19-13-23-29-18(15-37(23)30(40)16(19)9-11-24(32)38)27-21(35-25(39)7-6-12-31(2,3)4)10-8-17-26(27)22(36-29)14-20(34)28(17)33/h13-14,21,41H,5-12,15H2,1-4H3,(H,35,39)/t21-,32+/m1/s1. The molecule has 7 nitrogen and oxygen atoms in total. The molecule has 0 unspecified atom stereocenters. The van der Waals surface area contributed by atoms with Crippen LogP contribution >= 0.6 is 11.6 Å². The molecule has 3 heterocycles. The molecule has 216 valence electrons. The number of nitrogens with zero attached hydrogens (tertiary/aromatic N) is 2. The van der Waals surface area contributed by atoms with Gasteiger partial charge in [-0.25, -0.2) is 9.37 Å². The quantitative estimate of drug-likeness (QED) is 0.318. The fraction of sp³-hybridized carbons (Fsp3) is 0.500. The van der Waals surface area contributed by atoms with E-state index in [2.05, 4.69) is 26.1 Å². The molecule has 0 radical (unpaired) electrons. The van der Waals surface area contributed by atoms with Crippen LogP contribution in [0.15, 0.2) is 16.9 Å². The van der Waals surface area contributed by atoms with Crippen molar-refractivity contribution in [3.8, 4) is 11.4 Å². The molecule has 9 heteroatoms. The van der Waals surface area contributed by atoms with Crippen molar-refractivity contribution in [2.24, 2.45) is 5.41 Å². The van der Waals surface area contributed by atoms with E-state index >= 15 is 0 Å². The van der Waals surface area contributed by atoms with Crippen LogP contribution in [0.2, 0.25) is 5.02 Å². The first-order chi connectivity index (χ1) is 19.3. The number of rotatable bonds is 5. The van der Waals surface area contributed by atoms with Gasteiger partial charge in [0.2, 0.25) is 5.91 Å². The summed E-state index contributed by atoms with van der Waals surface area (Å²) in [5.74, 6) is -0.916. The van der Waals surface area contributed by atoms with Crippen LogP contribution in [0, 0.1) is 11.2 Å². The molecule has 3 aromatic rings. The van der Waals surface area contributed by atoms with Gasteiger partial charge in [-0.2, -0.15) is 0 Å². The second kappa shape index (κ2) is 9.73. The molecule has 2 N–H and O–H groups in total. The van der Waals surface area contributed by atoms with Gasteiger partial charge in [0.15, 0.2) is 5.78 Å². The van der Waals surface area contributed by atoms with E-state index < -0.39 is 11.4 Å². The van der Waals surface area contributed by atoms with Crippen LogP contribution in [0.25, 0.3) is 22.3 Å². The topological polar surface area (TPSA) is 101 Å². The summed E-state index contributed by atoms with van der Waals surface area (Å²) in [5, 5.41) is 15.3. The maximum absolute atomic E-state index is 15.0. The van der Waals surface area contributed by atoms with Crippen molar-refractivity contribution in [1.29, 1.82) is 0 Å². The van der Waals surface area contributed by atoms with Crippen molar-refractivity contribution in [3.05, 3.63) is 61.1 Å². The molecule has 1 aromatic carbocycles. The predicted molar refractivity (Wildman–Crippen MR) is 156 cm³/mol. The summed E-state index contributed by atoms with van der Waals surface area (Å²) < 4.78 is 16.6. The number of fused-ring (bicyclic) bond motifs is 5. The zero-order valence-corrected chi connectivity index (χ0v) is 24.7. The number of carbonyl (C=O) groups is 2. The molecule has 1 amide bonds. The molecule has 1 aliphatic heterocycles. The lowest BCUT2D eigenvalue weighted by Crippen LogP contribution is -2.43. The number of ketones is 1. The fourth-order valence-electron chi connectivity index (χ4n) is 6.93. The Labute approximate surface area is 243 Å². The highest BCUT2D eigenvalue weighted by Gasteiger charge is 2.44. The van der Waals surface area contributed by atoms with Gasteiger partial charge in [0.25, 0.3) is 5.56 Å². The third-order valence-corrected chi connectivity index (χ3v) is 9.49. The first-order valence-electron chi connectivity index (χ1n) is 14.5. The van der Waals surface area contributed by atoms with E-state index in [9.17, 15) is 23.9 Å². The normalized spacial score (nSPS) is 21.0. The predicted octanol–water partition coefficient (Wildman–Crippen LogP) is 5.65. The van der Waals surface area contributed by atoms with Crippen molar-refractivity contribution < 1.29 is 19.1 Å². The van der Waals surface area contributed by atoms with Gasteiger partial charge in [-0.3, -0.25) is 14.4 Å². The molecule has 41 heavy (non-hydrogen) atoms. The second-order valence-electron chi connectivity index (χ2n) is 12.9. The Morgan fingerprint density at radius 2 is 1.95 bits per heavy atom. The van der Waals surface area contributed by atoms with Crippen LogP contribution in [0.3, 0.4) is 0 Å². The van der Waals surface area contributed by atoms with Crippen LogP contribution in [-0.4, -0.2) is 26.3 Å². The van der Waals surface area contributed by atoms with Gasteiger partial charge in [-0.15, -0.1) is 0 Å². The Hall–Kier alpha value is -3.10. The Morgan fingerprint density at radius 1 is 1.20 bits per heavy atom. The molecule has 0 saturated heterocycles. The number of aromatic nitrogens is 2. The number of amides is 1. The van der Waals surface area contributed by atoms with E-state index in [1.807, 2.05) is 0 Å². The zero-order valence-electron chi connectivity index (χ0n) is 23.9. The van der Waals surface area contributed by atoms with Crippen molar-refractivity contribution in [2.75, 3.05) is 0 Å². The summed E-state index contributed by atoms with van der Waals surface area (Å²) in [6.45, 7) is 8.41. The molecular formula is C32H35ClFN3O4. The molecule has 2 aliphatic carbocycles. The lowest BCUT2D eigenvalue weighted by Gasteiger charge is -2.32. The summed E-state index contributed by atoms with van der Waals surface area (Å²) in [7, 11) is 0. The first-order valence-corrected chi connectivity index (χ1v) is 14.9. The number of benzene rings is 1. The van der Waals surface area contributed by atoms with E-state index in [0.29, 0.717) is 52.9 Å². The monoisotopic (exact) mass is 579 g/mol. The second-order valence-corrected chi connectivity index (χ2v) is 13.3. The molecule has 3 aliphatic rings. The Balaban J connectivity index is 1.51. The number of hydrogen-bond donors (Lipinski definition) is 2. The van der Waals surface area contributed by atoms with Gasteiger partial charge in [0.1, 0.15) is 11.4 Å². The maximum atomic E-state index is 15.0. The maximum Gasteiger partial charge on any atom is 0.254 e. The molecule has 6 rings (SSSR count). The number of nitrogens with one attached hydrogen (secondary N) is 1. The minimum Gasteiger partial charge on any atom is -0.377 e. The van der Waals surface area contributed by atoms with E-state index in [1.54, 1.807) is 17.6 Å². The Morgan fingerprint density at radius 3 is 2.66 bits per heavy atom. The van der Waals surface area contributed by atoms with Crippen LogP contribution in [-0.2, 0) is 34.6 Å². The minimum absolute atomic E-state index is 0.0516. The van der Waals surface area contributed by atoms with Gasteiger partial charge in [0.05, 0.1) is 34.5 Å². The van der Waals surface area contributed by atoms with Crippen molar-refractivity contribution in [3.63, 3.8) is 0 Å². The first kappa shape index (κ1) is 28.0. The largest absolute Gasteiger partial charge is 0.377 e. The smallest absolute Gasteiger partial charge is 0.254 e. The molecule has 0 fully saturated rings. The molecular weight excluding hydrogens is 545 g/mol. The van der Waals surface area contributed by atoms with Crippen LogP contribution in [0.1, 0.15) is 100 Å². The Bertz CT molecular complexity index is 1710. The summed E-state index contributed by atoms with van der Waals surface area (Å²) in [6.07, 6.45) is 3.65. The van der Waals surface area contributed by atoms with Gasteiger partial charge in [0, 0.05) is 41.0 Å². The average Bonchev–Trinajstić information content (AvgIpc) is 3.28. The number of Topliss-reactive ketones (excluding diaryl/α,β-unsaturated/α-hetero) is 1. The lowest BCUT2D eigenvalue weighted by atomic mass is 9.77. The van der Waals surface area contributed by atoms with Crippen molar-refractivity contribution in [1.82, 2.24) is 14.9 Å². The number of aliphatic hydroxyl groups is 1. The summed E-state index contributed by atoms with van der Waals surface area (Å²) >= 11 is 6.45. The number of hydrogen-bond acceptors (Lipinski definition) is 5. The van der Waals surface area contributed by atoms with Gasteiger partial charge < -0.3 is 15.0 Å². The highest BCUT2D eigenvalue weighted by atomic mass is 35.5. The summed E-state index contributed by atoms with van der Waals surface area (Å²) in [6, 6.07) is 2.67. The zero-order chi connectivity index (χ0) is 29.4. The lowest BCUT2D eigenvalue weighted by molar-refractivity contribution is -0.140. The number of aryl methyl sites for hydroxylation is 1. The van der Waals surface area contributed by atoms with Gasteiger partial charge in [-0.1, -0.05) is 39.3 Å². The minimum atomic E-state index is -1.73. The molecule has 0 spiro atoms. The third-order valence-electron chi connectivity index (χ3n) is 9.09. The fourth-order valence-corrected chi connectivity index (χ4v) is 7.17. The highest BCUT2D eigenvalue weighted by molar-refractivity contribution is 6.32. The molecule has 2 atom stereocenters. The van der Waals surface area contributed by atoms with E-state index in [1.165, 1.54) is 6.07 Å². The molecule has 0 saturated carbocycles.